The molecule has 1 N–H and O–H groups in total. The molecule has 2 aromatic heterocycles. The molecule has 0 radical (unpaired) electrons. The average Bonchev–Trinajstić information content (AvgIpc) is 3.17. The van der Waals surface area contributed by atoms with Crippen LogP contribution in [0.4, 0.5) is 10.9 Å². The quantitative estimate of drug-likeness (QED) is 0.917. The molecule has 0 saturated carbocycles. The highest BCUT2D eigenvalue weighted by Crippen LogP contribution is 2.32. The monoisotopic (exact) mass is 345 g/mol. The molecule has 0 spiro atoms. The van der Waals surface area contributed by atoms with Gasteiger partial charge in [0.25, 0.3) is 5.91 Å². The zero-order valence-electron chi connectivity index (χ0n) is 14.3. The van der Waals surface area contributed by atoms with Crippen LogP contribution >= 0.6 is 11.3 Å². The van der Waals surface area contributed by atoms with Crippen molar-refractivity contribution in [1.82, 2.24) is 15.2 Å². The van der Waals surface area contributed by atoms with Crippen LogP contribution in [0.2, 0.25) is 0 Å². The Morgan fingerprint density at radius 1 is 1.42 bits per heavy atom. The van der Waals surface area contributed by atoms with Crippen molar-refractivity contribution in [2.45, 2.75) is 46.1 Å². The van der Waals surface area contributed by atoms with Gasteiger partial charge in [-0.2, -0.15) is 0 Å². The maximum Gasteiger partial charge on any atom is 0.259 e. The molecule has 0 bridgehead atoms. The van der Waals surface area contributed by atoms with Crippen molar-refractivity contribution in [2.24, 2.45) is 5.41 Å². The van der Waals surface area contributed by atoms with E-state index >= 15 is 0 Å². The van der Waals surface area contributed by atoms with Gasteiger partial charge in [-0.15, -0.1) is 10.2 Å². The lowest BCUT2D eigenvalue weighted by Gasteiger charge is -2.31. The molecule has 3 heterocycles. The van der Waals surface area contributed by atoms with Gasteiger partial charge in [-0.1, -0.05) is 32.1 Å². The van der Waals surface area contributed by atoms with E-state index in [1.54, 1.807) is 11.7 Å². The van der Waals surface area contributed by atoms with Crippen LogP contribution in [0.3, 0.4) is 0 Å². The van der Waals surface area contributed by atoms with Crippen LogP contribution in [-0.4, -0.2) is 33.7 Å². The highest BCUT2D eigenvalue weighted by atomic mass is 32.1. The van der Waals surface area contributed by atoms with Crippen LogP contribution in [-0.2, 0) is 0 Å². The maximum absolute atomic E-state index is 12.2. The third kappa shape index (κ3) is 4.08. The smallest absolute Gasteiger partial charge is 0.259 e. The Morgan fingerprint density at radius 3 is 2.88 bits per heavy atom. The molecule has 1 atom stereocenters. The second-order valence-electron chi connectivity index (χ2n) is 7.36. The maximum atomic E-state index is 12.2. The van der Waals surface area contributed by atoms with Crippen LogP contribution in [0, 0.1) is 5.41 Å². The van der Waals surface area contributed by atoms with Crippen molar-refractivity contribution in [3.63, 3.8) is 0 Å². The van der Waals surface area contributed by atoms with Crippen molar-refractivity contribution in [3.05, 3.63) is 29.4 Å². The number of carbonyl (C=O) groups excluding carboxylic acids is 1. The number of anilines is 2. The van der Waals surface area contributed by atoms with Crippen LogP contribution in [0.25, 0.3) is 0 Å². The average molecular weight is 345 g/mol. The molecule has 1 unspecified atom stereocenters. The number of nitrogens with one attached hydrogen (secondary N) is 1. The molecule has 128 valence electrons. The fourth-order valence-corrected chi connectivity index (χ4v) is 3.58. The normalized spacial score (nSPS) is 18.0. The van der Waals surface area contributed by atoms with Crippen molar-refractivity contribution in [1.29, 1.82) is 0 Å². The lowest BCUT2D eigenvalue weighted by Crippen LogP contribution is -2.33. The van der Waals surface area contributed by atoms with Crippen LogP contribution in [0.1, 0.15) is 50.4 Å². The van der Waals surface area contributed by atoms with Gasteiger partial charge in [-0.3, -0.25) is 10.1 Å². The molecule has 1 amide bonds. The number of hydrogen-bond donors (Lipinski definition) is 1. The molecule has 0 aliphatic carbocycles. The first-order valence-corrected chi connectivity index (χ1v) is 9.10. The lowest BCUT2D eigenvalue weighted by molar-refractivity contribution is 0.102. The predicted octanol–water partition coefficient (Wildman–Crippen LogP) is 3.59. The van der Waals surface area contributed by atoms with Gasteiger partial charge in [0.15, 0.2) is 0 Å². The van der Waals surface area contributed by atoms with E-state index in [4.69, 9.17) is 0 Å². The topological polar surface area (TPSA) is 71.0 Å². The van der Waals surface area contributed by atoms with Crippen molar-refractivity contribution in [3.8, 4) is 0 Å². The standard InChI is InChI=1S/C17H23N5OS/c1-17(2,3)9-13-5-4-8-22(13)14-7-6-12(10-18-14)15(23)20-16-21-19-11-24-16/h6-7,10-11,13H,4-5,8-9H2,1-3H3,(H,20,21,23). The van der Waals surface area contributed by atoms with Gasteiger partial charge < -0.3 is 4.90 Å². The minimum absolute atomic E-state index is 0.210. The first-order chi connectivity index (χ1) is 11.4. The molecule has 1 aliphatic rings. The van der Waals surface area contributed by atoms with E-state index in [9.17, 15) is 4.79 Å². The number of rotatable bonds is 4. The fourth-order valence-electron chi connectivity index (χ4n) is 3.14. The second kappa shape index (κ2) is 6.84. The van der Waals surface area contributed by atoms with Gasteiger partial charge in [0.1, 0.15) is 11.3 Å². The van der Waals surface area contributed by atoms with Gasteiger partial charge in [0.05, 0.1) is 5.56 Å². The van der Waals surface area contributed by atoms with Gasteiger partial charge in [0, 0.05) is 18.8 Å². The summed E-state index contributed by atoms with van der Waals surface area (Å²) in [6.07, 6.45) is 5.19. The summed E-state index contributed by atoms with van der Waals surface area (Å²) in [6, 6.07) is 4.29. The van der Waals surface area contributed by atoms with Gasteiger partial charge in [-0.25, -0.2) is 4.98 Å². The number of carbonyl (C=O) groups is 1. The highest BCUT2D eigenvalue weighted by Gasteiger charge is 2.29. The first kappa shape index (κ1) is 16.8. The minimum atomic E-state index is -0.210. The van der Waals surface area contributed by atoms with Crippen LogP contribution < -0.4 is 10.2 Å². The molecule has 3 rings (SSSR count). The molecule has 6 nitrogen and oxygen atoms in total. The molecular formula is C17H23N5OS. The number of aromatic nitrogens is 3. The van der Waals surface area contributed by atoms with Crippen molar-refractivity contribution >= 4 is 28.2 Å². The summed E-state index contributed by atoms with van der Waals surface area (Å²) in [5.74, 6) is 0.743. The summed E-state index contributed by atoms with van der Waals surface area (Å²) in [5, 5.41) is 10.7. The van der Waals surface area contributed by atoms with E-state index < -0.39 is 0 Å². The van der Waals surface area contributed by atoms with E-state index in [1.165, 1.54) is 24.2 Å². The third-order valence-electron chi connectivity index (χ3n) is 4.11. The SMILES string of the molecule is CC(C)(C)CC1CCCN1c1ccc(C(=O)Nc2nncs2)cn1. The number of nitrogens with zero attached hydrogens (tertiary/aromatic N) is 4. The molecule has 1 fully saturated rings. The zero-order valence-corrected chi connectivity index (χ0v) is 15.1. The predicted molar refractivity (Wildman–Crippen MR) is 96.5 cm³/mol. The molecule has 24 heavy (non-hydrogen) atoms. The van der Waals surface area contributed by atoms with Crippen LogP contribution in [0.5, 0.6) is 0 Å². The number of amides is 1. The number of pyridine rings is 1. The largest absolute Gasteiger partial charge is 0.354 e. The molecule has 0 aromatic carbocycles. The summed E-state index contributed by atoms with van der Waals surface area (Å²) in [6.45, 7) is 7.86. The van der Waals surface area contributed by atoms with E-state index in [1.807, 2.05) is 12.1 Å². The Hall–Kier alpha value is -2.02. The summed E-state index contributed by atoms with van der Waals surface area (Å²) < 4.78 is 0. The van der Waals surface area contributed by atoms with E-state index in [0.717, 1.165) is 18.8 Å². The van der Waals surface area contributed by atoms with Crippen LogP contribution in [0.15, 0.2) is 23.8 Å². The summed E-state index contributed by atoms with van der Waals surface area (Å²) in [5.41, 5.74) is 2.41. The van der Waals surface area contributed by atoms with Crippen molar-refractivity contribution in [2.75, 3.05) is 16.8 Å². The van der Waals surface area contributed by atoms with E-state index in [2.05, 4.69) is 46.2 Å². The summed E-state index contributed by atoms with van der Waals surface area (Å²) in [7, 11) is 0. The number of hydrogen-bond acceptors (Lipinski definition) is 6. The molecule has 1 saturated heterocycles. The molecular weight excluding hydrogens is 322 g/mol. The third-order valence-corrected chi connectivity index (χ3v) is 4.72. The van der Waals surface area contributed by atoms with Gasteiger partial charge in [0.2, 0.25) is 5.13 Å². The Morgan fingerprint density at radius 2 is 2.25 bits per heavy atom. The Balaban J connectivity index is 1.68. The molecule has 2 aromatic rings. The molecule has 7 heteroatoms. The van der Waals surface area contributed by atoms with E-state index in [0.29, 0.717) is 22.2 Å². The Labute approximate surface area is 146 Å². The summed E-state index contributed by atoms with van der Waals surface area (Å²) >= 11 is 1.29. The first-order valence-electron chi connectivity index (χ1n) is 8.23. The Kier molecular flexibility index (Phi) is 4.80. The fraction of sp³-hybridized carbons (Fsp3) is 0.529. The zero-order chi connectivity index (χ0) is 17.2. The van der Waals surface area contributed by atoms with E-state index in [-0.39, 0.29) is 5.91 Å². The second-order valence-corrected chi connectivity index (χ2v) is 8.19. The minimum Gasteiger partial charge on any atom is -0.354 e. The molecule has 1 aliphatic heterocycles. The highest BCUT2D eigenvalue weighted by molar-refractivity contribution is 7.13. The Bertz CT molecular complexity index is 678. The van der Waals surface area contributed by atoms with Gasteiger partial charge >= 0.3 is 0 Å². The van der Waals surface area contributed by atoms with Crippen molar-refractivity contribution < 1.29 is 4.79 Å². The van der Waals surface area contributed by atoms with Gasteiger partial charge in [-0.05, 0) is 36.8 Å². The lowest BCUT2D eigenvalue weighted by atomic mass is 9.87. The summed E-state index contributed by atoms with van der Waals surface area (Å²) in [4.78, 5) is 19.1.